The molecule has 0 aliphatic carbocycles. The Balaban J connectivity index is 1.47. The van der Waals surface area contributed by atoms with E-state index in [2.05, 4.69) is 20.4 Å². The quantitative estimate of drug-likeness (QED) is 0.820. The van der Waals surface area contributed by atoms with E-state index in [1.807, 2.05) is 24.0 Å². The lowest BCUT2D eigenvalue weighted by atomic mass is 10.1. The smallest absolute Gasteiger partial charge is 0.223 e. The highest BCUT2D eigenvalue weighted by Crippen LogP contribution is 2.18. The lowest BCUT2D eigenvalue weighted by Crippen LogP contribution is -2.49. The highest BCUT2D eigenvalue weighted by Gasteiger charge is 2.22. The van der Waals surface area contributed by atoms with Gasteiger partial charge in [0.25, 0.3) is 0 Å². The van der Waals surface area contributed by atoms with E-state index in [1.165, 1.54) is 6.07 Å². The number of halogens is 2. The number of benzene rings is 1. The summed E-state index contributed by atoms with van der Waals surface area (Å²) >= 11 is 5.79. The van der Waals surface area contributed by atoms with Crippen LogP contribution in [0.5, 0.6) is 0 Å². The van der Waals surface area contributed by atoms with Crippen LogP contribution in [0.2, 0.25) is 5.02 Å². The summed E-state index contributed by atoms with van der Waals surface area (Å²) in [5.41, 5.74) is 0.865. The third kappa shape index (κ3) is 5.07. The molecule has 27 heavy (non-hydrogen) atoms. The van der Waals surface area contributed by atoms with Gasteiger partial charge < -0.3 is 15.1 Å². The maximum Gasteiger partial charge on any atom is 0.223 e. The number of aromatic nitrogens is 2. The van der Waals surface area contributed by atoms with Crippen molar-refractivity contribution in [1.82, 2.24) is 15.1 Å². The van der Waals surface area contributed by atoms with E-state index in [1.54, 1.807) is 12.1 Å². The van der Waals surface area contributed by atoms with Gasteiger partial charge in [0.15, 0.2) is 5.82 Å². The molecule has 144 valence electrons. The molecule has 1 aromatic heterocycles. The van der Waals surface area contributed by atoms with E-state index in [4.69, 9.17) is 11.6 Å². The van der Waals surface area contributed by atoms with Gasteiger partial charge in [-0.2, -0.15) is 0 Å². The molecule has 2 heterocycles. The van der Waals surface area contributed by atoms with Crippen LogP contribution in [0.3, 0.4) is 0 Å². The lowest BCUT2D eigenvalue weighted by Gasteiger charge is -2.35. The standard InChI is InChI=1S/C19H23ClFN5O/c1-2-22-17-6-7-18(24-23-17)25-9-11-26(12-10-25)19(27)8-4-14-3-5-16(21)15(20)13-14/h3,5-7,13H,2,4,8-12H2,1H3,(H,22,23). The first kappa shape index (κ1) is 19.4. The summed E-state index contributed by atoms with van der Waals surface area (Å²) < 4.78 is 13.2. The number of carbonyl (C=O) groups is 1. The SMILES string of the molecule is CCNc1ccc(N2CCN(C(=O)CCc3ccc(F)c(Cl)c3)CC2)nn1. The molecule has 0 spiro atoms. The van der Waals surface area contributed by atoms with Crippen LogP contribution in [0, 0.1) is 5.82 Å². The van der Waals surface area contributed by atoms with Crippen LogP contribution in [-0.4, -0.2) is 53.7 Å². The second kappa shape index (κ2) is 8.99. The Morgan fingerprint density at radius 1 is 1.19 bits per heavy atom. The molecule has 1 N–H and O–H groups in total. The van der Waals surface area contributed by atoms with Crippen LogP contribution >= 0.6 is 11.6 Å². The van der Waals surface area contributed by atoms with Gasteiger partial charge in [-0.05, 0) is 43.2 Å². The van der Waals surface area contributed by atoms with Crippen molar-refractivity contribution < 1.29 is 9.18 Å². The largest absolute Gasteiger partial charge is 0.369 e. The van der Waals surface area contributed by atoms with Crippen LogP contribution < -0.4 is 10.2 Å². The summed E-state index contributed by atoms with van der Waals surface area (Å²) in [7, 11) is 0. The number of amides is 1. The Morgan fingerprint density at radius 2 is 1.96 bits per heavy atom. The molecule has 3 rings (SSSR count). The zero-order valence-corrected chi connectivity index (χ0v) is 16.0. The van der Waals surface area contributed by atoms with Crippen molar-refractivity contribution in [3.8, 4) is 0 Å². The van der Waals surface area contributed by atoms with Gasteiger partial charge in [-0.1, -0.05) is 17.7 Å². The molecule has 2 aromatic rings. The minimum absolute atomic E-state index is 0.0924. The second-order valence-corrected chi connectivity index (χ2v) is 6.83. The number of nitrogens with one attached hydrogen (secondary N) is 1. The Kier molecular flexibility index (Phi) is 6.45. The van der Waals surface area contributed by atoms with Crippen molar-refractivity contribution in [2.45, 2.75) is 19.8 Å². The number of aryl methyl sites for hydroxylation is 1. The molecule has 1 aromatic carbocycles. The molecule has 6 nitrogen and oxygen atoms in total. The van der Waals surface area contributed by atoms with Crippen LogP contribution in [-0.2, 0) is 11.2 Å². The van der Waals surface area contributed by atoms with Gasteiger partial charge in [0.2, 0.25) is 5.91 Å². The van der Waals surface area contributed by atoms with Gasteiger partial charge in [-0.25, -0.2) is 4.39 Å². The zero-order valence-electron chi connectivity index (χ0n) is 15.3. The summed E-state index contributed by atoms with van der Waals surface area (Å²) in [6, 6.07) is 8.45. The summed E-state index contributed by atoms with van der Waals surface area (Å²) in [6.07, 6.45) is 0.940. The van der Waals surface area contributed by atoms with Crippen molar-refractivity contribution in [2.24, 2.45) is 0 Å². The van der Waals surface area contributed by atoms with E-state index in [9.17, 15) is 9.18 Å². The van der Waals surface area contributed by atoms with Gasteiger partial charge in [0, 0.05) is 39.1 Å². The topological polar surface area (TPSA) is 61.4 Å². The fourth-order valence-electron chi connectivity index (χ4n) is 3.06. The molecule has 0 saturated carbocycles. The maximum atomic E-state index is 13.2. The molecule has 0 bridgehead atoms. The van der Waals surface area contributed by atoms with Crippen molar-refractivity contribution in [3.63, 3.8) is 0 Å². The van der Waals surface area contributed by atoms with Gasteiger partial charge in [-0.3, -0.25) is 4.79 Å². The minimum atomic E-state index is -0.440. The lowest BCUT2D eigenvalue weighted by molar-refractivity contribution is -0.131. The number of hydrogen-bond donors (Lipinski definition) is 1. The Hall–Kier alpha value is -2.41. The summed E-state index contributed by atoms with van der Waals surface area (Å²) in [5, 5.41) is 11.6. The predicted molar refractivity (Wildman–Crippen MR) is 105 cm³/mol. The van der Waals surface area contributed by atoms with Crippen LogP contribution in [0.15, 0.2) is 30.3 Å². The monoisotopic (exact) mass is 391 g/mol. The number of nitrogens with zero attached hydrogens (tertiary/aromatic N) is 4. The molecule has 1 saturated heterocycles. The number of carbonyl (C=O) groups excluding carboxylic acids is 1. The second-order valence-electron chi connectivity index (χ2n) is 6.42. The molecule has 1 aliphatic rings. The molecule has 0 atom stereocenters. The van der Waals surface area contributed by atoms with Crippen LogP contribution in [0.1, 0.15) is 18.9 Å². The van der Waals surface area contributed by atoms with E-state index in [0.29, 0.717) is 25.9 Å². The van der Waals surface area contributed by atoms with Crippen molar-refractivity contribution >= 4 is 29.1 Å². The summed E-state index contributed by atoms with van der Waals surface area (Å²) in [6.45, 7) is 5.57. The molecule has 0 unspecified atom stereocenters. The molecule has 1 amide bonds. The first-order chi connectivity index (χ1) is 13.1. The fraction of sp³-hybridized carbons (Fsp3) is 0.421. The third-order valence-electron chi connectivity index (χ3n) is 4.58. The average Bonchev–Trinajstić information content (AvgIpc) is 2.70. The van der Waals surface area contributed by atoms with Crippen LogP contribution in [0.4, 0.5) is 16.0 Å². The number of piperazine rings is 1. The van der Waals surface area contributed by atoms with Gasteiger partial charge in [-0.15, -0.1) is 10.2 Å². The van der Waals surface area contributed by atoms with Crippen molar-refractivity contribution in [1.29, 1.82) is 0 Å². The van der Waals surface area contributed by atoms with E-state index in [-0.39, 0.29) is 10.9 Å². The first-order valence-corrected chi connectivity index (χ1v) is 9.49. The van der Waals surface area contributed by atoms with Gasteiger partial charge in [0.05, 0.1) is 5.02 Å². The molecular formula is C19H23ClFN5O. The van der Waals surface area contributed by atoms with Crippen molar-refractivity contribution in [2.75, 3.05) is 42.9 Å². The fourth-order valence-corrected chi connectivity index (χ4v) is 3.26. The molecule has 8 heteroatoms. The summed E-state index contributed by atoms with van der Waals surface area (Å²) in [4.78, 5) is 16.4. The van der Waals surface area contributed by atoms with Crippen molar-refractivity contribution in [3.05, 3.63) is 46.7 Å². The van der Waals surface area contributed by atoms with E-state index < -0.39 is 5.82 Å². The predicted octanol–water partition coefficient (Wildman–Crippen LogP) is 2.98. The number of hydrogen-bond acceptors (Lipinski definition) is 5. The van der Waals surface area contributed by atoms with E-state index in [0.717, 1.165) is 36.8 Å². The Bertz CT molecular complexity index is 778. The van der Waals surface area contributed by atoms with Crippen LogP contribution in [0.25, 0.3) is 0 Å². The average molecular weight is 392 g/mol. The maximum absolute atomic E-state index is 13.2. The number of anilines is 2. The molecular weight excluding hydrogens is 369 g/mol. The summed E-state index contributed by atoms with van der Waals surface area (Å²) in [5.74, 6) is 1.24. The molecule has 1 fully saturated rings. The van der Waals surface area contributed by atoms with Gasteiger partial charge >= 0.3 is 0 Å². The highest BCUT2D eigenvalue weighted by molar-refractivity contribution is 6.30. The molecule has 1 aliphatic heterocycles. The zero-order chi connectivity index (χ0) is 19.2. The molecule has 0 radical (unpaired) electrons. The third-order valence-corrected chi connectivity index (χ3v) is 4.87. The Morgan fingerprint density at radius 3 is 2.59 bits per heavy atom. The minimum Gasteiger partial charge on any atom is -0.369 e. The normalized spacial score (nSPS) is 14.3. The van der Waals surface area contributed by atoms with E-state index >= 15 is 0 Å². The van der Waals surface area contributed by atoms with Gasteiger partial charge in [0.1, 0.15) is 11.6 Å². The number of rotatable bonds is 6. The first-order valence-electron chi connectivity index (χ1n) is 9.11. The Labute approximate surface area is 163 Å². The highest BCUT2D eigenvalue weighted by atomic mass is 35.5.